The number of alkyl halides is 2. The van der Waals surface area contributed by atoms with Gasteiger partial charge in [-0.25, -0.2) is 8.78 Å². The Morgan fingerprint density at radius 3 is 2.71 bits per heavy atom. The first-order chi connectivity index (χ1) is 6.61. The molecule has 0 atom stereocenters. The summed E-state index contributed by atoms with van der Waals surface area (Å²) in [4.78, 5) is 3.70. The van der Waals surface area contributed by atoms with Crippen LogP contribution in [0.5, 0.6) is 0 Å². The summed E-state index contributed by atoms with van der Waals surface area (Å²) in [7, 11) is 0. The molecule has 0 amide bonds. The van der Waals surface area contributed by atoms with E-state index in [1.54, 1.807) is 28.7 Å². The van der Waals surface area contributed by atoms with Gasteiger partial charge in [-0.05, 0) is 22.6 Å². The topological polar surface area (TPSA) is 56.9 Å². The Kier molecular flexibility index (Phi) is 3.71. The van der Waals surface area contributed by atoms with Gasteiger partial charge in [-0.15, -0.1) is 0 Å². The van der Waals surface area contributed by atoms with E-state index >= 15 is 0 Å². The zero-order valence-corrected chi connectivity index (χ0v) is 8.99. The Morgan fingerprint density at radius 1 is 1.64 bits per heavy atom. The maximum absolute atomic E-state index is 12.5. The fourth-order valence-corrected chi connectivity index (χ4v) is 1.79. The molecule has 0 aliphatic rings. The van der Waals surface area contributed by atoms with Crippen LogP contribution in [-0.2, 0) is 6.61 Å². The van der Waals surface area contributed by atoms with Crippen molar-refractivity contribution in [3.63, 3.8) is 0 Å². The first kappa shape index (κ1) is 11.3. The molecule has 0 aliphatic carbocycles. The van der Waals surface area contributed by atoms with Crippen LogP contribution in [0.2, 0.25) is 0 Å². The quantitative estimate of drug-likeness (QED) is 0.850. The van der Waals surface area contributed by atoms with E-state index in [0.29, 0.717) is 0 Å². The fraction of sp³-hybridized carbons (Fsp3) is 0.250. The summed E-state index contributed by atoms with van der Waals surface area (Å²) in [5, 5.41) is 17.4. The molecule has 1 N–H and O–H groups in total. The first-order valence-electron chi connectivity index (χ1n) is 3.58. The minimum Gasteiger partial charge on any atom is -0.390 e. The number of hydrogen-bond donors (Lipinski definition) is 1. The van der Waals surface area contributed by atoms with E-state index in [2.05, 4.69) is 4.98 Å². The van der Waals surface area contributed by atoms with Crippen LogP contribution in [0.3, 0.4) is 0 Å². The minimum atomic E-state index is -2.73. The van der Waals surface area contributed by atoms with Crippen molar-refractivity contribution in [2.24, 2.45) is 0 Å². The van der Waals surface area contributed by atoms with Crippen molar-refractivity contribution in [2.45, 2.75) is 13.0 Å². The van der Waals surface area contributed by atoms with Gasteiger partial charge in [-0.3, -0.25) is 4.98 Å². The third-order valence-corrected chi connectivity index (χ3v) is 2.82. The molecule has 0 unspecified atom stereocenters. The molecule has 0 saturated heterocycles. The molecule has 1 heterocycles. The number of rotatable bonds is 2. The van der Waals surface area contributed by atoms with Gasteiger partial charge in [-0.2, -0.15) is 5.26 Å². The lowest BCUT2D eigenvalue weighted by Gasteiger charge is -2.08. The normalized spacial score (nSPS) is 10.3. The molecule has 0 bridgehead atoms. The largest absolute Gasteiger partial charge is 0.390 e. The zero-order valence-electron chi connectivity index (χ0n) is 6.84. The molecule has 0 fully saturated rings. The Hall–Kier alpha value is -0.810. The van der Waals surface area contributed by atoms with Crippen molar-refractivity contribution in [2.75, 3.05) is 0 Å². The number of nitrogens with zero attached hydrogens (tertiary/aromatic N) is 2. The van der Waals surface area contributed by atoms with Gasteiger partial charge in [0.15, 0.2) is 0 Å². The first-order valence-corrected chi connectivity index (χ1v) is 4.66. The lowest BCUT2D eigenvalue weighted by molar-refractivity contribution is 0.149. The SMILES string of the molecule is N#Cc1cnc(CO)c(I)c1C(F)F. The number of aliphatic hydroxyl groups is 1. The molecule has 0 aliphatic heterocycles. The van der Waals surface area contributed by atoms with E-state index in [1.807, 2.05) is 0 Å². The van der Waals surface area contributed by atoms with Crippen molar-refractivity contribution in [3.8, 4) is 6.07 Å². The molecule has 0 radical (unpaired) electrons. The average Bonchev–Trinajstić information content (AvgIpc) is 2.16. The second-order valence-electron chi connectivity index (χ2n) is 2.42. The van der Waals surface area contributed by atoms with Gasteiger partial charge in [0.05, 0.1) is 23.4 Å². The van der Waals surface area contributed by atoms with Crippen LogP contribution >= 0.6 is 22.6 Å². The summed E-state index contributed by atoms with van der Waals surface area (Å²) >= 11 is 1.65. The standard InChI is InChI=1S/C8H5F2IN2O/c9-8(10)6-4(1-12)2-13-5(3-14)7(6)11/h2,8,14H,3H2. The number of hydrogen-bond acceptors (Lipinski definition) is 3. The summed E-state index contributed by atoms with van der Waals surface area (Å²) in [5.41, 5.74) is -0.339. The molecule has 0 saturated carbocycles. The van der Waals surface area contributed by atoms with E-state index < -0.39 is 13.0 Å². The highest BCUT2D eigenvalue weighted by Crippen LogP contribution is 2.28. The van der Waals surface area contributed by atoms with Gasteiger partial charge in [0, 0.05) is 9.77 Å². The molecule has 0 spiro atoms. The van der Waals surface area contributed by atoms with Gasteiger partial charge >= 0.3 is 0 Å². The molecular weight excluding hydrogens is 305 g/mol. The molecule has 1 aromatic heterocycles. The van der Waals surface area contributed by atoms with E-state index in [-0.39, 0.29) is 20.4 Å². The van der Waals surface area contributed by atoms with Crippen molar-refractivity contribution in [1.29, 1.82) is 5.26 Å². The van der Waals surface area contributed by atoms with E-state index in [9.17, 15) is 8.78 Å². The Morgan fingerprint density at radius 2 is 2.29 bits per heavy atom. The molecule has 14 heavy (non-hydrogen) atoms. The Bertz CT molecular complexity index is 390. The van der Waals surface area contributed by atoms with Crippen LogP contribution < -0.4 is 0 Å². The average molecular weight is 310 g/mol. The highest BCUT2D eigenvalue weighted by molar-refractivity contribution is 14.1. The van der Waals surface area contributed by atoms with Gasteiger partial charge in [0.1, 0.15) is 6.07 Å². The van der Waals surface area contributed by atoms with Crippen molar-refractivity contribution >= 4 is 22.6 Å². The summed E-state index contributed by atoms with van der Waals surface area (Å²) in [6, 6.07) is 1.64. The summed E-state index contributed by atoms with van der Waals surface area (Å²) in [5.74, 6) is 0. The van der Waals surface area contributed by atoms with Crippen molar-refractivity contribution in [1.82, 2.24) is 4.98 Å². The molecular formula is C8H5F2IN2O. The molecule has 1 rings (SSSR count). The molecule has 6 heteroatoms. The van der Waals surface area contributed by atoms with Gasteiger partial charge in [-0.1, -0.05) is 0 Å². The highest BCUT2D eigenvalue weighted by Gasteiger charge is 2.19. The highest BCUT2D eigenvalue weighted by atomic mass is 127. The van der Waals surface area contributed by atoms with E-state index in [1.165, 1.54) is 0 Å². The van der Waals surface area contributed by atoms with E-state index in [0.717, 1.165) is 6.20 Å². The van der Waals surface area contributed by atoms with Crippen molar-refractivity contribution in [3.05, 3.63) is 26.6 Å². The molecule has 0 aromatic carbocycles. The second-order valence-corrected chi connectivity index (χ2v) is 3.50. The predicted molar refractivity (Wildman–Crippen MR) is 52.5 cm³/mol. The predicted octanol–water partition coefficient (Wildman–Crippen LogP) is 1.99. The van der Waals surface area contributed by atoms with Gasteiger partial charge < -0.3 is 5.11 Å². The number of aromatic nitrogens is 1. The zero-order chi connectivity index (χ0) is 10.7. The van der Waals surface area contributed by atoms with Crippen LogP contribution in [0.1, 0.15) is 23.2 Å². The van der Waals surface area contributed by atoms with Gasteiger partial charge in [0.2, 0.25) is 0 Å². The molecule has 3 nitrogen and oxygen atoms in total. The summed E-state index contributed by atoms with van der Waals surface area (Å²) in [6.45, 7) is -0.413. The maximum Gasteiger partial charge on any atom is 0.266 e. The number of aliphatic hydroxyl groups excluding tert-OH is 1. The number of nitriles is 1. The maximum atomic E-state index is 12.5. The minimum absolute atomic E-state index is 0.151. The van der Waals surface area contributed by atoms with Crippen LogP contribution in [0.4, 0.5) is 8.78 Å². The lowest BCUT2D eigenvalue weighted by Crippen LogP contribution is -2.02. The van der Waals surface area contributed by atoms with Crippen LogP contribution in [0, 0.1) is 14.9 Å². The van der Waals surface area contributed by atoms with E-state index in [4.69, 9.17) is 10.4 Å². The van der Waals surface area contributed by atoms with Crippen LogP contribution in [0.15, 0.2) is 6.20 Å². The van der Waals surface area contributed by atoms with Crippen LogP contribution in [0.25, 0.3) is 0 Å². The fourth-order valence-electron chi connectivity index (χ4n) is 0.955. The van der Waals surface area contributed by atoms with Gasteiger partial charge in [0.25, 0.3) is 6.43 Å². The second kappa shape index (κ2) is 4.61. The Balaban J connectivity index is 3.41. The monoisotopic (exact) mass is 310 g/mol. The van der Waals surface area contributed by atoms with Crippen molar-refractivity contribution < 1.29 is 13.9 Å². The third-order valence-electron chi connectivity index (χ3n) is 1.62. The summed E-state index contributed by atoms with van der Waals surface area (Å²) < 4.78 is 25.2. The Labute approximate surface area is 92.5 Å². The lowest BCUT2D eigenvalue weighted by atomic mass is 10.1. The number of halogens is 3. The molecule has 1 aromatic rings. The number of pyridine rings is 1. The summed E-state index contributed by atoms with van der Waals surface area (Å²) in [6.07, 6.45) is -1.68. The smallest absolute Gasteiger partial charge is 0.266 e. The van der Waals surface area contributed by atoms with Crippen LogP contribution in [-0.4, -0.2) is 10.1 Å². The molecule has 74 valence electrons. The third kappa shape index (κ3) is 1.99.